The molecule has 1 aromatic rings. The molecule has 0 unspecified atom stereocenters. The number of amides is 1. The van der Waals surface area contributed by atoms with Crippen LogP contribution in [0.2, 0.25) is 0 Å². The summed E-state index contributed by atoms with van der Waals surface area (Å²) in [5, 5.41) is 6.43. The molecule has 0 radical (unpaired) electrons. The van der Waals surface area contributed by atoms with Gasteiger partial charge in [-0.15, -0.1) is 24.8 Å². The van der Waals surface area contributed by atoms with E-state index in [1.807, 2.05) is 24.3 Å². The maximum absolute atomic E-state index is 12.2. The van der Waals surface area contributed by atoms with Gasteiger partial charge >= 0.3 is 0 Å². The largest absolute Gasteiger partial charge is 0.492 e. The summed E-state index contributed by atoms with van der Waals surface area (Å²) in [6, 6.07) is 7.98. The molecule has 29 heavy (non-hydrogen) atoms. The van der Waals surface area contributed by atoms with E-state index in [1.165, 1.54) is 12.8 Å². The van der Waals surface area contributed by atoms with Gasteiger partial charge < -0.3 is 20.1 Å². The van der Waals surface area contributed by atoms with Gasteiger partial charge in [0.2, 0.25) is 5.91 Å². The highest BCUT2D eigenvalue weighted by molar-refractivity contribution is 5.85. The van der Waals surface area contributed by atoms with Crippen LogP contribution in [-0.4, -0.2) is 63.4 Å². The van der Waals surface area contributed by atoms with Gasteiger partial charge in [0.15, 0.2) is 0 Å². The average Bonchev–Trinajstić information content (AvgIpc) is 2.73. The predicted molar refractivity (Wildman–Crippen MR) is 120 cm³/mol. The third-order valence-electron chi connectivity index (χ3n) is 5.46. The standard InChI is InChI=1S/C21H33N3O3.2ClH/c25-21(6-5-18-7-9-22-10-8-18)23-17-19-3-1-2-4-20(19)27-16-13-24-11-14-26-15-12-24;;/h1-4,18,22H,5-17H2,(H,23,25);2*1H. The molecule has 2 N–H and O–H groups in total. The van der Waals surface area contributed by atoms with E-state index in [4.69, 9.17) is 9.47 Å². The minimum Gasteiger partial charge on any atom is -0.492 e. The first-order valence-corrected chi connectivity index (χ1v) is 10.3. The summed E-state index contributed by atoms with van der Waals surface area (Å²) in [5.41, 5.74) is 1.04. The number of carbonyl (C=O) groups is 1. The molecule has 8 heteroatoms. The van der Waals surface area contributed by atoms with Crippen LogP contribution < -0.4 is 15.4 Å². The van der Waals surface area contributed by atoms with Crippen LogP contribution >= 0.6 is 24.8 Å². The van der Waals surface area contributed by atoms with Gasteiger partial charge in [0.25, 0.3) is 0 Å². The van der Waals surface area contributed by atoms with Crippen molar-refractivity contribution in [1.29, 1.82) is 0 Å². The van der Waals surface area contributed by atoms with Gasteiger partial charge in [0, 0.05) is 38.2 Å². The van der Waals surface area contributed by atoms with Crippen LogP contribution in [-0.2, 0) is 16.1 Å². The monoisotopic (exact) mass is 447 g/mol. The molecule has 1 amide bonds. The maximum Gasteiger partial charge on any atom is 0.220 e. The maximum atomic E-state index is 12.2. The predicted octanol–water partition coefficient (Wildman–Crippen LogP) is 2.64. The topological polar surface area (TPSA) is 62.8 Å². The van der Waals surface area contributed by atoms with Crippen LogP contribution in [0.5, 0.6) is 5.75 Å². The Morgan fingerprint density at radius 2 is 1.90 bits per heavy atom. The summed E-state index contributed by atoms with van der Waals surface area (Å²) < 4.78 is 11.4. The molecule has 2 aliphatic heterocycles. The molecule has 0 aliphatic carbocycles. The van der Waals surface area contributed by atoms with Crippen LogP contribution in [0.15, 0.2) is 24.3 Å². The number of ether oxygens (including phenoxy) is 2. The first-order chi connectivity index (χ1) is 13.3. The molecule has 1 aromatic carbocycles. The zero-order valence-electron chi connectivity index (χ0n) is 17.1. The average molecular weight is 448 g/mol. The third-order valence-corrected chi connectivity index (χ3v) is 5.46. The number of halogens is 2. The van der Waals surface area contributed by atoms with E-state index in [-0.39, 0.29) is 30.7 Å². The minimum atomic E-state index is 0. The summed E-state index contributed by atoms with van der Waals surface area (Å²) in [6.45, 7) is 7.80. The number of rotatable bonds is 9. The molecule has 0 spiro atoms. The first-order valence-electron chi connectivity index (χ1n) is 10.3. The molecule has 2 aliphatic rings. The van der Waals surface area contributed by atoms with Gasteiger partial charge in [-0.2, -0.15) is 0 Å². The van der Waals surface area contributed by atoms with Gasteiger partial charge in [-0.1, -0.05) is 18.2 Å². The summed E-state index contributed by atoms with van der Waals surface area (Å²) in [6.07, 6.45) is 3.98. The minimum absolute atomic E-state index is 0. The number of nitrogens with zero attached hydrogens (tertiary/aromatic N) is 1. The van der Waals surface area contributed by atoms with E-state index in [1.54, 1.807) is 0 Å². The number of para-hydroxylation sites is 1. The lowest BCUT2D eigenvalue weighted by Gasteiger charge is -2.26. The zero-order valence-corrected chi connectivity index (χ0v) is 18.7. The van der Waals surface area contributed by atoms with Crippen molar-refractivity contribution >= 4 is 30.7 Å². The number of nitrogens with one attached hydrogen (secondary N) is 2. The van der Waals surface area contributed by atoms with Crippen molar-refractivity contribution in [1.82, 2.24) is 15.5 Å². The van der Waals surface area contributed by atoms with E-state index in [2.05, 4.69) is 15.5 Å². The summed E-state index contributed by atoms with van der Waals surface area (Å²) in [4.78, 5) is 14.6. The van der Waals surface area contributed by atoms with Crippen molar-refractivity contribution < 1.29 is 14.3 Å². The van der Waals surface area contributed by atoms with E-state index in [9.17, 15) is 4.79 Å². The van der Waals surface area contributed by atoms with Crippen molar-refractivity contribution in [3.05, 3.63) is 29.8 Å². The molecular weight excluding hydrogens is 413 g/mol. The molecule has 0 bridgehead atoms. The van der Waals surface area contributed by atoms with Crippen molar-refractivity contribution in [2.45, 2.75) is 32.2 Å². The summed E-state index contributed by atoms with van der Waals surface area (Å²) >= 11 is 0. The van der Waals surface area contributed by atoms with Crippen LogP contribution in [0.1, 0.15) is 31.2 Å². The van der Waals surface area contributed by atoms with Crippen molar-refractivity contribution in [2.75, 3.05) is 52.5 Å². The molecule has 2 heterocycles. The van der Waals surface area contributed by atoms with Gasteiger partial charge in [0.05, 0.1) is 13.2 Å². The quantitative estimate of drug-likeness (QED) is 0.608. The molecule has 2 saturated heterocycles. The Morgan fingerprint density at radius 1 is 1.17 bits per heavy atom. The van der Waals surface area contributed by atoms with Crippen molar-refractivity contribution in [3.63, 3.8) is 0 Å². The second kappa shape index (κ2) is 14.9. The summed E-state index contributed by atoms with van der Waals surface area (Å²) in [7, 11) is 0. The Labute approximate surface area is 186 Å². The Bertz CT molecular complexity index is 580. The highest BCUT2D eigenvalue weighted by Gasteiger charge is 2.15. The molecule has 6 nitrogen and oxygen atoms in total. The second-order valence-corrected chi connectivity index (χ2v) is 7.42. The lowest BCUT2D eigenvalue weighted by Crippen LogP contribution is -2.38. The van der Waals surface area contributed by atoms with Crippen LogP contribution in [0, 0.1) is 5.92 Å². The Hall–Kier alpha value is -1.05. The normalized spacial score (nSPS) is 17.7. The first kappa shape index (κ1) is 26.0. The van der Waals surface area contributed by atoms with Crippen LogP contribution in [0.25, 0.3) is 0 Å². The highest BCUT2D eigenvalue weighted by atomic mass is 35.5. The number of benzene rings is 1. The van der Waals surface area contributed by atoms with Gasteiger partial charge in [-0.3, -0.25) is 9.69 Å². The molecule has 2 fully saturated rings. The Kier molecular flexibility index (Phi) is 13.3. The molecule has 3 rings (SSSR count). The van der Waals surface area contributed by atoms with E-state index >= 15 is 0 Å². The van der Waals surface area contributed by atoms with Crippen LogP contribution in [0.3, 0.4) is 0 Å². The molecule has 0 saturated carbocycles. The lowest BCUT2D eigenvalue weighted by atomic mass is 9.93. The Balaban J connectivity index is 0.00000210. The number of piperidine rings is 1. The van der Waals surface area contributed by atoms with E-state index in [0.29, 0.717) is 25.5 Å². The fourth-order valence-electron chi connectivity index (χ4n) is 3.69. The lowest BCUT2D eigenvalue weighted by molar-refractivity contribution is -0.121. The number of hydrogen-bond acceptors (Lipinski definition) is 5. The van der Waals surface area contributed by atoms with Gasteiger partial charge in [-0.05, 0) is 44.3 Å². The molecular formula is C21H35Cl2N3O3. The smallest absolute Gasteiger partial charge is 0.220 e. The SMILES string of the molecule is Cl.Cl.O=C(CCC1CCNCC1)NCc1ccccc1OCCN1CCOCC1. The van der Waals surface area contributed by atoms with E-state index in [0.717, 1.165) is 63.7 Å². The molecule has 0 aromatic heterocycles. The molecule has 0 atom stereocenters. The summed E-state index contributed by atoms with van der Waals surface area (Å²) in [5.74, 6) is 1.69. The fraction of sp³-hybridized carbons (Fsp3) is 0.667. The second-order valence-electron chi connectivity index (χ2n) is 7.42. The van der Waals surface area contributed by atoms with Gasteiger partial charge in [-0.25, -0.2) is 0 Å². The molecule has 166 valence electrons. The van der Waals surface area contributed by atoms with Crippen molar-refractivity contribution in [3.8, 4) is 5.75 Å². The fourth-order valence-corrected chi connectivity index (χ4v) is 3.69. The zero-order chi connectivity index (χ0) is 18.7. The number of carbonyl (C=O) groups excluding carboxylic acids is 1. The number of morpholine rings is 1. The number of hydrogen-bond donors (Lipinski definition) is 2. The van der Waals surface area contributed by atoms with Crippen molar-refractivity contribution in [2.24, 2.45) is 5.92 Å². The van der Waals surface area contributed by atoms with Crippen LogP contribution in [0.4, 0.5) is 0 Å². The Morgan fingerprint density at radius 3 is 2.66 bits per heavy atom. The highest BCUT2D eigenvalue weighted by Crippen LogP contribution is 2.19. The van der Waals surface area contributed by atoms with E-state index < -0.39 is 0 Å². The third kappa shape index (κ3) is 9.53. The van der Waals surface area contributed by atoms with Gasteiger partial charge in [0.1, 0.15) is 12.4 Å².